The molecule has 0 fully saturated rings. The van der Waals surface area contributed by atoms with Gasteiger partial charge in [0, 0.05) is 16.6 Å². The van der Waals surface area contributed by atoms with Crippen molar-refractivity contribution in [1.82, 2.24) is 5.32 Å². The molecule has 0 aliphatic heterocycles. The summed E-state index contributed by atoms with van der Waals surface area (Å²) in [5.74, 6) is 0.294. The number of rotatable bonds is 6. The minimum absolute atomic E-state index is 0.106. The van der Waals surface area contributed by atoms with Crippen LogP contribution >= 0.6 is 11.6 Å². The van der Waals surface area contributed by atoms with Crippen LogP contribution < -0.4 is 10.1 Å². The van der Waals surface area contributed by atoms with Gasteiger partial charge in [0.1, 0.15) is 5.75 Å². The molecule has 0 heterocycles. The van der Waals surface area contributed by atoms with Crippen LogP contribution in [-0.2, 0) is 4.79 Å². The molecule has 0 saturated carbocycles. The number of amides is 1. The van der Waals surface area contributed by atoms with Gasteiger partial charge in [-0.25, -0.2) is 0 Å². The maximum atomic E-state index is 11.9. The van der Waals surface area contributed by atoms with Crippen molar-refractivity contribution in [2.45, 2.75) is 52.4 Å². The van der Waals surface area contributed by atoms with E-state index in [1.165, 1.54) is 0 Å². The number of aliphatic hydroxyl groups is 1. The highest BCUT2D eigenvalue weighted by molar-refractivity contribution is 6.30. The maximum absolute atomic E-state index is 11.9. The Morgan fingerprint density at radius 3 is 2.60 bits per heavy atom. The van der Waals surface area contributed by atoms with Crippen molar-refractivity contribution in [3.05, 3.63) is 28.8 Å². The zero-order chi connectivity index (χ0) is 15.3. The molecule has 3 unspecified atom stereocenters. The molecule has 0 radical (unpaired) electrons. The van der Waals surface area contributed by atoms with Gasteiger partial charge in [0.15, 0.2) is 6.10 Å². The van der Waals surface area contributed by atoms with E-state index in [0.29, 0.717) is 16.3 Å². The molecule has 1 amide bonds. The minimum Gasteiger partial charge on any atom is -0.481 e. The lowest BCUT2D eigenvalue weighted by Crippen LogP contribution is -2.41. The number of aliphatic hydroxyl groups excluding tert-OH is 1. The van der Waals surface area contributed by atoms with E-state index in [1.54, 1.807) is 32.0 Å². The normalized spacial score (nSPS) is 15.3. The summed E-state index contributed by atoms with van der Waals surface area (Å²) < 4.78 is 5.64. The maximum Gasteiger partial charge on any atom is 0.260 e. The zero-order valence-corrected chi connectivity index (χ0v) is 13.1. The van der Waals surface area contributed by atoms with Gasteiger partial charge in [0.05, 0.1) is 6.10 Å². The molecular formula is C15H22ClNO3. The van der Waals surface area contributed by atoms with Crippen molar-refractivity contribution in [3.8, 4) is 5.75 Å². The predicted octanol–water partition coefficient (Wildman–Crippen LogP) is 3.08. The third-order valence-corrected chi connectivity index (χ3v) is 3.33. The Balaban J connectivity index is 2.80. The second-order valence-corrected chi connectivity index (χ2v) is 5.37. The van der Waals surface area contributed by atoms with Crippen LogP contribution in [0.15, 0.2) is 18.2 Å². The summed E-state index contributed by atoms with van der Waals surface area (Å²) in [5, 5.41) is 13.1. The second kappa shape index (κ2) is 7.50. The van der Waals surface area contributed by atoms with Crippen molar-refractivity contribution >= 4 is 17.5 Å². The summed E-state index contributed by atoms with van der Waals surface area (Å²) in [6.07, 6.45) is -0.491. The summed E-state index contributed by atoms with van der Waals surface area (Å²) in [5.41, 5.74) is 0.570. The van der Waals surface area contributed by atoms with Crippen LogP contribution in [0.4, 0.5) is 0 Å². The van der Waals surface area contributed by atoms with Crippen molar-refractivity contribution in [1.29, 1.82) is 0 Å². The smallest absolute Gasteiger partial charge is 0.260 e. The van der Waals surface area contributed by atoms with Crippen LogP contribution in [0.2, 0.25) is 5.02 Å². The standard InChI is InChI=1S/C15H22ClNO3/c1-5-9(2)17-15(19)11(4)20-14-7-6-12(16)8-13(14)10(3)18/h6-11,18H,5H2,1-4H3,(H,17,19). The number of carbonyl (C=O) groups excluding carboxylic acids is 1. The Morgan fingerprint density at radius 2 is 2.05 bits per heavy atom. The van der Waals surface area contributed by atoms with Gasteiger partial charge in [0.25, 0.3) is 5.91 Å². The topological polar surface area (TPSA) is 58.6 Å². The molecule has 2 N–H and O–H groups in total. The number of carbonyl (C=O) groups is 1. The first-order chi connectivity index (χ1) is 9.35. The third kappa shape index (κ3) is 4.69. The Morgan fingerprint density at radius 1 is 1.40 bits per heavy atom. The molecule has 1 aromatic carbocycles. The van der Waals surface area contributed by atoms with E-state index >= 15 is 0 Å². The van der Waals surface area contributed by atoms with Gasteiger partial charge in [-0.2, -0.15) is 0 Å². The predicted molar refractivity (Wildman–Crippen MR) is 80.1 cm³/mol. The fourth-order valence-corrected chi connectivity index (χ4v) is 1.84. The molecule has 0 aromatic heterocycles. The van der Waals surface area contributed by atoms with Crippen LogP contribution in [-0.4, -0.2) is 23.2 Å². The Kier molecular flexibility index (Phi) is 6.30. The third-order valence-electron chi connectivity index (χ3n) is 3.10. The molecule has 20 heavy (non-hydrogen) atoms. The summed E-state index contributed by atoms with van der Waals surface area (Å²) in [6.45, 7) is 7.25. The molecule has 1 aromatic rings. The summed E-state index contributed by atoms with van der Waals surface area (Å²) in [6, 6.07) is 5.08. The lowest BCUT2D eigenvalue weighted by Gasteiger charge is -2.20. The number of hydrogen-bond acceptors (Lipinski definition) is 3. The molecule has 4 nitrogen and oxygen atoms in total. The van der Waals surface area contributed by atoms with E-state index in [1.807, 2.05) is 13.8 Å². The molecule has 3 atom stereocenters. The zero-order valence-electron chi connectivity index (χ0n) is 12.3. The second-order valence-electron chi connectivity index (χ2n) is 4.94. The van der Waals surface area contributed by atoms with Crippen molar-refractivity contribution < 1.29 is 14.6 Å². The highest BCUT2D eigenvalue weighted by atomic mass is 35.5. The fourth-order valence-electron chi connectivity index (χ4n) is 1.66. The highest BCUT2D eigenvalue weighted by Gasteiger charge is 2.19. The molecule has 0 spiro atoms. The molecular weight excluding hydrogens is 278 g/mol. The van der Waals surface area contributed by atoms with Gasteiger partial charge in [-0.05, 0) is 45.4 Å². The van der Waals surface area contributed by atoms with Crippen LogP contribution in [0.5, 0.6) is 5.75 Å². The molecule has 1 rings (SSSR count). The molecule has 0 aliphatic carbocycles. The molecule has 0 aliphatic rings. The van der Waals surface area contributed by atoms with E-state index in [-0.39, 0.29) is 11.9 Å². The Hall–Kier alpha value is -1.26. The first-order valence-corrected chi connectivity index (χ1v) is 7.17. The number of hydrogen-bond donors (Lipinski definition) is 2. The minimum atomic E-state index is -0.714. The van der Waals surface area contributed by atoms with Crippen LogP contribution in [0.1, 0.15) is 45.8 Å². The van der Waals surface area contributed by atoms with Gasteiger partial charge in [0.2, 0.25) is 0 Å². The quantitative estimate of drug-likeness (QED) is 0.848. The number of ether oxygens (including phenoxy) is 1. The molecule has 5 heteroatoms. The number of nitrogens with one attached hydrogen (secondary N) is 1. The van der Waals surface area contributed by atoms with E-state index < -0.39 is 12.2 Å². The molecule has 0 saturated heterocycles. The van der Waals surface area contributed by atoms with Crippen LogP contribution in [0.25, 0.3) is 0 Å². The fraction of sp³-hybridized carbons (Fsp3) is 0.533. The molecule has 112 valence electrons. The van der Waals surface area contributed by atoms with Crippen LogP contribution in [0.3, 0.4) is 0 Å². The van der Waals surface area contributed by atoms with E-state index in [0.717, 1.165) is 6.42 Å². The van der Waals surface area contributed by atoms with Gasteiger partial charge in [-0.15, -0.1) is 0 Å². The first-order valence-electron chi connectivity index (χ1n) is 6.79. The van der Waals surface area contributed by atoms with Gasteiger partial charge in [-0.1, -0.05) is 18.5 Å². The average Bonchev–Trinajstić information content (AvgIpc) is 2.40. The van der Waals surface area contributed by atoms with Gasteiger partial charge < -0.3 is 15.2 Å². The highest BCUT2D eigenvalue weighted by Crippen LogP contribution is 2.29. The lowest BCUT2D eigenvalue weighted by molar-refractivity contribution is -0.127. The molecule has 0 bridgehead atoms. The SMILES string of the molecule is CCC(C)NC(=O)C(C)Oc1ccc(Cl)cc1C(C)O. The Labute approximate surface area is 125 Å². The van der Waals surface area contributed by atoms with Crippen molar-refractivity contribution in [2.24, 2.45) is 0 Å². The van der Waals surface area contributed by atoms with E-state index in [4.69, 9.17) is 16.3 Å². The Bertz CT molecular complexity index is 462. The van der Waals surface area contributed by atoms with E-state index in [9.17, 15) is 9.90 Å². The summed E-state index contributed by atoms with van der Waals surface area (Å²) in [7, 11) is 0. The summed E-state index contributed by atoms with van der Waals surface area (Å²) >= 11 is 5.90. The first kappa shape index (κ1) is 16.8. The van der Waals surface area contributed by atoms with Gasteiger partial charge >= 0.3 is 0 Å². The largest absolute Gasteiger partial charge is 0.481 e. The van der Waals surface area contributed by atoms with E-state index in [2.05, 4.69) is 5.32 Å². The van der Waals surface area contributed by atoms with Crippen LogP contribution in [0, 0.1) is 0 Å². The summed E-state index contributed by atoms with van der Waals surface area (Å²) in [4.78, 5) is 11.9. The van der Waals surface area contributed by atoms with Gasteiger partial charge in [-0.3, -0.25) is 4.79 Å². The monoisotopic (exact) mass is 299 g/mol. The average molecular weight is 300 g/mol. The number of halogens is 1. The number of benzene rings is 1. The lowest BCUT2D eigenvalue weighted by atomic mass is 10.1. The van der Waals surface area contributed by atoms with Crippen molar-refractivity contribution in [3.63, 3.8) is 0 Å². The van der Waals surface area contributed by atoms with Crippen molar-refractivity contribution in [2.75, 3.05) is 0 Å².